The largest absolute Gasteiger partial charge is 0.435 e. The van der Waals surface area contributed by atoms with Crippen molar-refractivity contribution in [3.05, 3.63) is 65.2 Å². The minimum atomic E-state index is -2.85. The molecule has 0 spiro atoms. The number of rotatable bonds is 8. The third-order valence-electron chi connectivity index (χ3n) is 4.09. The van der Waals surface area contributed by atoms with Crippen LogP contribution in [0.3, 0.4) is 0 Å². The first-order valence-corrected chi connectivity index (χ1v) is 9.18. The Kier molecular flexibility index (Phi) is 11.1. The summed E-state index contributed by atoms with van der Waals surface area (Å²) in [7, 11) is 5.10. The van der Waals surface area contributed by atoms with Gasteiger partial charge in [0.25, 0.3) is 5.91 Å². The predicted octanol–water partition coefficient (Wildman–Crippen LogP) is 3.52. The van der Waals surface area contributed by atoms with Crippen LogP contribution in [-0.2, 0) is 13.0 Å². The van der Waals surface area contributed by atoms with Gasteiger partial charge in [-0.2, -0.15) is 8.78 Å². The van der Waals surface area contributed by atoms with E-state index in [1.165, 1.54) is 6.07 Å². The van der Waals surface area contributed by atoms with Crippen molar-refractivity contribution in [2.45, 2.75) is 19.6 Å². The van der Waals surface area contributed by atoms with Gasteiger partial charge in [0.05, 0.1) is 0 Å². The van der Waals surface area contributed by atoms with Crippen LogP contribution in [0.4, 0.5) is 8.78 Å². The molecule has 0 atom stereocenters. The number of benzene rings is 2. The van der Waals surface area contributed by atoms with Crippen molar-refractivity contribution < 1.29 is 18.3 Å². The van der Waals surface area contributed by atoms with E-state index in [1.807, 2.05) is 24.3 Å². The Hall–Kier alpha value is -2.43. The summed E-state index contributed by atoms with van der Waals surface area (Å²) in [4.78, 5) is 17.8. The van der Waals surface area contributed by atoms with Gasteiger partial charge in [-0.25, -0.2) is 0 Å². The fraction of sp³-hybridized carbons (Fsp3) is 0.333. The van der Waals surface area contributed by atoms with E-state index in [9.17, 15) is 13.6 Å². The van der Waals surface area contributed by atoms with E-state index < -0.39 is 6.61 Å². The molecule has 0 heterocycles. The van der Waals surface area contributed by atoms with Crippen LogP contribution in [0.1, 0.15) is 21.5 Å². The average Bonchev–Trinajstić information content (AvgIpc) is 2.70. The monoisotopic (exact) mass is 532 g/mol. The molecular weight excluding hydrogens is 505 g/mol. The van der Waals surface area contributed by atoms with Crippen LogP contribution < -0.4 is 15.4 Å². The zero-order valence-electron chi connectivity index (χ0n) is 17.2. The number of alkyl halides is 2. The molecular formula is C21H27F2IN4O2. The highest BCUT2D eigenvalue weighted by Gasteiger charge is 2.08. The number of carbonyl (C=O) groups is 1. The highest BCUT2D eigenvalue weighted by molar-refractivity contribution is 14.0. The van der Waals surface area contributed by atoms with Gasteiger partial charge >= 0.3 is 6.61 Å². The lowest BCUT2D eigenvalue weighted by atomic mass is 10.1. The maximum absolute atomic E-state index is 12.3. The Bertz CT molecular complexity index is 847. The van der Waals surface area contributed by atoms with Crippen LogP contribution in [0, 0.1) is 0 Å². The zero-order valence-corrected chi connectivity index (χ0v) is 19.5. The van der Waals surface area contributed by atoms with Crippen molar-refractivity contribution in [2.24, 2.45) is 4.99 Å². The normalized spacial score (nSPS) is 10.9. The molecule has 164 valence electrons. The topological polar surface area (TPSA) is 66.0 Å². The molecule has 0 fully saturated rings. The molecule has 0 aliphatic rings. The summed E-state index contributed by atoms with van der Waals surface area (Å²) < 4.78 is 29.1. The number of nitrogens with one attached hydrogen (secondary N) is 2. The molecule has 2 rings (SSSR count). The molecule has 0 aromatic heterocycles. The van der Waals surface area contributed by atoms with Gasteiger partial charge in [0.2, 0.25) is 0 Å². The maximum atomic E-state index is 12.3. The van der Waals surface area contributed by atoms with E-state index in [0.717, 1.165) is 11.1 Å². The molecule has 0 aliphatic carbocycles. The molecule has 30 heavy (non-hydrogen) atoms. The Morgan fingerprint density at radius 1 is 1.10 bits per heavy atom. The Morgan fingerprint density at radius 2 is 1.80 bits per heavy atom. The molecule has 0 aliphatic heterocycles. The number of guanidine groups is 1. The number of hydrogen-bond acceptors (Lipinski definition) is 3. The lowest BCUT2D eigenvalue weighted by Crippen LogP contribution is -2.37. The summed E-state index contributed by atoms with van der Waals surface area (Å²) in [6.45, 7) is -1.82. The van der Waals surface area contributed by atoms with Crippen molar-refractivity contribution >= 4 is 35.8 Å². The van der Waals surface area contributed by atoms with Gasteiger partial charge in [0, 0.05) is 39.8 Å². The van der Waals surface area contributed by atoms with E-state index in [1.54, 1.807) is 44.2 Å². The minimum Gasteiger partial charge on any atom is -0.435 e. The zero-order chi connectivity index (χ0) is 21.2. The first kappa shape index (κ1) is 25.6. The molecule has 2 aromatic rings. The summed E-state index contributed by atoms with van der Waals surface area (Å²) in [6, 6.07) is 14.0. The number of halogens is 3. The third kappa shape index (κ3) is 8.52. The highest BCUT2D eigenvalue weighted by atomic mass is 127. The van der Waals surface area contributed by atoms with Gasteiger partial charge in [-0.05, 0) is 41.8 Å². The van der Waals surface area contributed by atoms with Crippen molar-refractivity contribution in [1.82, 2.24) is 15.5 Å². The first-order valence-electron chi connectivity index (χ1n) is 9.18. The predicted molar refractivity (Wildman–Crippen MR) is 125 cm³/mol. The number of amides is 1. The van der Waals surface area contributed by atoms with Crippen molar-refractivity contribution in [1.29, 1.82) is 0 Å². The summed E-state index contributed by atoms with van der Waals surface area (Å²) in [5.74, 6) is 0.676. The van der Waals surface area contributed by atoms with E-state index >= 15 is 0 Å². The number of carbonyl (C=O) groups excluding carboxylic acids is 1. The van der Waals surface area contributed by atoms with E-state index in [2.05, 4.69) is 20.4 Å². The molecule has 0 saturated carbocycles. The fourth-order valence-electron chi connectivity index (χ4n) is 2.68. The van der Waals surface area contributed by atoms with Crippen LogP contribution in [-0.4, -0.2) is 51.1 Å². The summed E-state index contributed by atoms with van der Waals surface area (Å²) in [5.41, 5.74) is 2.49. The van der Waals surface area contributed by atoms with Crippen molar-refractivity contribution in [3.8, 4) is 5.75 Å². The van der Waals surface area contributed by atoms with Crippen molar-refractivity contribution in [2.75, 3.05) is 27.7 Å². The van der Waals surface area contributed by atoms with Gasteiger partial charge in [-0.3, -0.25) is 9.79 Å². The third-order valence-corrected chi connectivity index (χ3v) is 4.09. The molecule has 2 N–H and O–H groups in total. The summed E-state index contributed by atoms with van der Waals surface area (Å²) in [5, 5.41) is 6.33. The summed E-state index contributed by atoms with van der Waals surface area (Å²) in [6.07, 6.45) is 0.715. The first-order chi connectivity index (χ1) is 13.9. The quantitative estimate of drug-likeness (QED) is 0.311. The average molecular weight is 532 g/mol. The molecule has 6 nitrogen and oxygen atoms in total. The van der Waals surface area contributed by atoms with Gasteiger partial charge < -0.3 is 20.3 Å². The molecule has 0 saturated heterocycles. The number of ether oxygens (including phenoxy) is 1. The number of nitrogens with zero attached hydrogens (tertiary/aromatic N) is 2. The van der Waals surface area contributed by atoms with E-state index in [0.29, 0.717) is 31.0 Å². The van der Waals surface area contributed by atoms with E-state index in [-0.39, 0.29) is 35.6 Å². The minimum absolute atomic E-state index is 0. The lowest BCUT2D eigenvalue weighted by molar-refractivity contribution is -0.0498. The Balaban J connectivity index is 0.00000450. The van der Waals surface area contributed by atoms with E-state index in [4.69, 9.17) is 0 Å². The van der Waals surface area contributed by atoms with Crippen molar-refractivity contribution in [3.63, 3.8) is 0 Å². The Labute approximate surface area is 192 Å². The summed E-state index contributed by atoms with van der Waals surface area (Å²) >= 11 is 0. The van der Waals surface area contributed by atoms with Gasteiger partial charge in [-0.15, -0.1) is 24.0 Å². The molecule has 1 amide bonds. The van der Waals surface area contributed by atoms with Crippen LogP contribution in [0.5, 0.6) is 5.75 Å². The fourth-order valence-corrected chi connectivity index (χ4v) is 2.68. The van der Waals surface area contributed by atoms with Gasteiger partial charge in [0.15, 0.2) is 5.96 Å². The number of aliphatic imine (C=N–C) groups is 1. The van der Waals surface area contributed by atoms with Gasteiger partial charge in [-0.1, -0.05) is 24.3 Å². The SMILES string of the molecule is CN=C(NCCc1cccc(C(=O)N(C)C)c1)NCc1cccc(OC(F)F)c1.I. The standard InChI is InChI=1S/C21H26F2N4O2.HI/c1-24-21(26-14-16-7-5-9-18(13-16)29-20(22)23)25-11-10-15-6-4-8-17(12-15)19(28)27(2)3;/h4-9,12-13,20H,10-11,14H2,1-3H3,(H2,24,25,26);1H. The second kappa shape index (κ2) is 13.0. The molecule has 0 radical (unpaired) electrons. The Morgan fingerprint density at radius 3 is 2.47 bits per heavy atom. The smallest absolute Gasteiger partial charge is 0.387 e. The van der Waals surface area contributed by atoms with Crippen LogP contribution in [0.15, 0.2) is 53.5 Å². The highest BCUT2D eigenvalue weighted by Crippen LogP contribution is 2.15. The number of hydrogen-bond donors (Lipinski definition) is 2. The second-order valence-electron chi connectivity index (χ2n) is 6.53. The van der Waals surface area contributed by atoms with Gasteiger partial charge in [0.1, 0.15) is 5.75 Å². The maximum Gasteiger partial charge on any atom is 0.387 e. The molecule has 2 aromatic carbocycles. The molecule has 0 bridgehead atoms. The molecule has 0 unspecified atom stereocenters. The van der Waals surface area contributed by atoms with Crippen LogP contribution in [0.25, 0.3) is 0 Å². The van der Waals surface area contributed by atoms with Crippen LogP contribution in [0.2, 0.25) is 0 Å². The van der Waals surface area contributed by atoms with Crippen LogP contribution >= 0.6 is 24.0 Å². The lowest BCUT2D eigenvalue weighted by Gasteiger charge is -2.14. The molecule has 9 heteroatoms. The second-order valence-corrected chi connectivity index (χ2v) is 6.53.